The standard InChI is InChI=1S/C18H24N4O3/c23-17(24)13-6-8-14(9-7-13)21-18(25)19-10-3-11-22-12-20-15-4-1-2-5-16(15)22/h1-2,4-5,12-14H,3,6-11H2,(H,23,24)(H2,19,21,25). The Morgan fingerprint density at radius 1 is 1.20 bits per heavy atom. The number of carbonyl (C=O) groups excluding carboxylic acids is 1. The summed E-state index contributed by atoms with van der Waals surface area (Å²) >= 11 is 0. The number of amides is 2. The third-order valence-electron chi connectivity index (χ3n) is 4.80. The van der Waals surface area contributed by atoms with Gasteiger partial charge in [-0.05, 0) is 44.2 Å². The summed E-state index contributed by atoms with van der Waals surface area (Å²) in [5, 5.41) is 14.8. The fourth-order valence-corrected chi connectivity index (χ4v) is 3.36. The molecule has 1 aliphatic rings. The molecule has 0 radical (unpaired) electrons. The fourth-order valence-electron chi connectivity index (χ4n) is 3.36. The second-order valence-corrected chi connectivity index (χ2v) is 6.57. The topological polar surface area (TPSA) is 96.3 Å². The first-order valence-electron chi connectivity index (χ1n) is 8.80. The molecule has 1 aliphatic carbocycles. The van der Waals surface area contributed by atoms with E-state index in [9.17, 15) is 9.59 Å². The van der Waals surface area contributed by atoms with Crippen molar-refractivity contribution >= 4 is 23.0 Å². The predicted octanol–water partition coefficient (Wildman–Crippen LogP) is 2.37. The van der Waals surface area contributed by atoms with E-state index in [1.54, 1.807) is 0 Å². The molecule has 2 amide bonds. The number of aromatic nitrogens is 2. The van der Waals surface area contributed by atoms with Crippen LogP contribution in [0.15, 0.2) is 30.6 Å². The van der Waals surface area contributed by atoms with Gasteiger partial charge in [0.1, 0.15) is 0 Å². The van der Waals surface area contributed by atoms with Crippen molar-refractivity contribution in [2.75, 3.05) is 6.54 Å². The first-order chi connectivity index (χ1) is 12.1. The summed E-state index contributed by atoms with van der Waals surface area (Å²) in [6.07, 6.45) is 5.37. The number of hydrogen-bond donors (Lipinski definition) is 3. The van der Waals surface area contributed by atoms with Crippen molar-refractivity contribution in [3.8, 4) is 0 Å². The molecule has 2 aromatic rings. The van der Waals surface area contributed by atoms with Gasteiger partial charge in [0, 0.05) is 19.1 Å². The molecule has 25 heavy (non-hydrogen) atoms. The number of nitrogens with one attached hydrogen (secondary N) is 2. The predicted molar refractivity (Wildman–Crippen MR) is 94.3 cm³/mol. The average Bonchev–Trinajstić information content (AvgIpc) is 3.02. The minimum absolute atomic E-state index is 0.0770. The Morgan fingerprint density at radius 3 is 2.72 bits per heavy atom. The van der Waals surface area contributed by atoms with Crippen LogP contribution in [0.2, 0.25) is 0 Å². The summed E-state index contributed by atoms with van der Waals surface area (Å²) in [6.45, 7) is 1.38. The monoisotopic (exact) mass is 344 g/mol. The van der Waals surface area contributed by atoms with Crippen LogP contribution in [0.25, 0.3) is 11.0 Å². The van der Waals surface area contributed by atoms with Gasteiger partial charge >= 0.3 is 12.0 Å². The van der Waals surface area contributed by atoms with Crippen LogP contribution in [0.5, 0.6) is 0 Å². The van der Waals surface area contributed by atoms with E-state index in [0.717, 1.165) is 36.8 Å². The van der Waals surface area contributed by atoms with Crippen molar-refractivity contribution in [3.05, 3.63) is 30.6 Å². The minimum Gasteiger partial charge on any atom is -0.481 e. The van der Waals surface area contributed by atoms with Gasteiger partial charge in [-0.15, -0.1) is 0 Å². The van der Waals surface area contributed by atoms with Crippen LogP contribution in [0.1, 0.15) is 32.1 Å². The Hall–Kier alpha value is -2.57. The second kappa shape index (κ2) is 8.00. The summed E-state index contributed by atoms with van der Waals surface area (Å²) in [5.74, 6) is -0.985. The first kappa shape index (κ1) is 17.3. The molecule has 1 aromatic carbocycles. The molecular formula is C18H24N4O3. The van der Waals surface area contributed by atoms with Crippen molar-refractivity contribution in [3.63, 3.8) is 0 Å². The van der Waals surface area contributed by atoms with Crippen molar-refractivity contribution in [1.82, 2.24) is 20.2 Å². The molecule has 0 saturated heterocycles. The lowest BCUT2D eigenvalue weighted by molar-refractivity contribution is -0.142. The van der Waals surface area contributed by atoms with Crippen LogP contribution in [0.3, 0.4) is 0 Å². The second-order valence-electron chi connectivity index (χ2n) is 6.57. The van der Waals surface area contributed by atoms with Gasteiger partial charge < -0.3 is 20.3 Å². The number of fused-ring (bicyclic) bond motifs is 1. The molecule has 1 aromatic heterocycles. The summed E-state index contributed by atoms with van der Waals surface area (Å²) in [7, 11) is 0. The van der Waals surface area contributed by atoms with Gasteiger partial charge in [-0.25, -0.2) is 9.78 Å². The number of aliphatic carboxylic acids is 1. The van der Waals surface area contributed by atoms with Gasteiger partial charge in [0.15, 0.2) is 0 Å². The van der Waals surface area contributed by atoms with Crippen molar-refractivity contribution in [2.45, 2.75) is 44.7 Å². The molecule has 7 heteroatoms. The summed E-state index contributed by atoms with van der Waals surface area (Å²) in [5.41, 5.74) is 2.08. The Morgan fingerprint density at radius 2 is 1.96 bits per heavy atom. The smallest absolute Gasteiger partial charge is 0.315 e. The number of carboxylic acid groups (broad SMARTS) is 1. The minimum atomic E-state index is -0.727. The van der Waals surface area contributed by atoms with E-state index in [2.05, 4.69) is 20.2 Å². The fraction of sp³-hybridized carbons (Fsp3) is 0.500. The highest BCUT2D eigenvalue weighted by atomic mass is 16.4. The molecule has 0 atom stereocenters. The molecular weight excluding hydrogens is 320 g/mol. The number of hydrogen-bond acceptors (Lipinski definition) is 3. The van der Waals surface area contributed by atoms with Gasteiger partial charge in [-0.3, -0.25) is 4.79 Å². The Labute approximate surface area is 146 Å². The third-order valence-corrected chi connectivity index (χ3v) is 4.80. The zero-order chi connectivity index (χ0) is 17.6. The number of nitrogens with zero attached hydrogens (tertiary/aromatic N) is 2. The van der Waals surface area contributed by atoms with Gasteiger partial charge in [0.25, 0.3) is 0 Å². The number of carboxylic acids is 1. The zero-order valence-corrected chi connectivity index (χ0v) is 14.1. The van der Waals surface area contributed by atoms with Crippen LogP contribution in [-0.2, 0) is 11.3 Å². The molecule has 1 saturated carbocycles. The highest BCUT2D eigenvalue weighted by Crippen LogP contribution is 2.24. The van der Waals surface area contributed by atoms with E-state index in [4.69, 9.17) is 5.11 Å². The van der Waals surface area contributed by atoms with E-state index >= 15 is 0 Å². The van der Waals surface area contributed by atoms with E-state index in [0.29, 0.717) is 19.4 Å². The lowest BCUT2D eigenvalue weighted by atomic mass is 9.86. The van der Waals surface area contributed by atoms with Gasteiger partial charge in [0.05, 0.1) is 23.3 Å². The number of imidazole rings is 1. The maximum Gasteiger partial charge on any atom is 0.315 e. The SMILES string of the molecule is O=C(NCCCn1cnc2ccccc21)NC1CCC(C(=O)O)CC1. The highest BCUT2D eigenvalue weighted by Gasteiger charge is 2.26. The summed E-state index contributed by atoms with van der Waals surface area (Å²) in [4.78, 5) is 27.2. The molecule has 1 fully saturated rings. The van der Waals surface area contributed by atoms with Crippen LogP contribution >= 0.6 is 0 Å². The Kier molecular flexibility index (Phi) is 5.53. The Balaban J connectivity index is 1.35. The molecule has 0 bridgehead atoms. The summed E-state index contributed by atoms with van der Waals surface area (Å²) < 4.78 is 2.09. The van der Waals surface area contributed by atoms with E-state index in [1.165, 1.54) is 0 Å². The number of para-hydroxylation sites is 2. The molecule has 1 heterocycles. The molecule has 134 valence electrons. The quantitative estimate of drug-likeness (QED) is 0.701. The molecule has 7 nitrogen and oxygen atoms in total. The number of benzene rings is 1. The highest BCUT2D eigenvalue weighted by molar-refractivity contribution is 5.75. The normalized spacial score (nSPS) is 20.3. The van der Waals surface area contributed by atoms with Crippen molar-refractivity contribution < 1.29 is 14.7 Å². The van der Waals surface area contributed by atoms with Crippen LogP contribution < -0.4 is 10.6 Å². The molecule has 3 rings (SSSR count). The number of rotatable bonds is 6. The van der Waals surface area contributed by atoms with E-state index in [1.807, 2.05) is 30.6 Å². The first-order valence-corrected chi connectivity index (χ1v) is 8.80. The molecule has 0 spiro atoms. The number of aryl methyl sites for hydroxylation is 1. The van der Waals surface area contributed by atoms with E-state index < -0.39 is 5.97 Å². The van der Waals surface area contributed by atoms with Crippen LogP contribution in [0.4, 0.5) is 4.79 Å². The Bertz CT molecular complexity index is 735. The summed E-state index contributed by atoms with van der Waals surface area (Å²) in [6, 6.07) is 7.88. The van der Waals surface area contributed by atoms with E-state index in [-0.39, 0.29) is 18.0 Å². The average molecular weight is 344 g/mol. The molecule has 0 aliphatic heterocycles. The lowest BCUT2D eigenvalue weighted by Crippen LogP contribution is -2.44. The molecule has 3 N–H and O–H groups in total. The maximum atomic E-state index is 11.9. The van der Waals surface area contributed by atoms with Gasteiger partial charge in [-0.2, -0.15) is 0 Å². The van der Waals surface area contributed by atoms with Crippen LogP contribution in [0, 0.1) is 5.92 Å². The molecule has 0 unspecified atom stereocenters. The van der Waals surface area contributed by atoms with Gasteiger partial charge in [-0.1, -0.05) is 12.1 Å². The maximum absolute atomic E-state index is 11.9. The van der Waals surface area contributed by atoms with Crippen molar-refractivity contribution in [2.24, 2.45) is 5.92 Å². The third kappa shape index (κ3) is 4.49. The number of carbonyl (C=O) groups is 2. The number of urea groups is 1. The zero-order valence-electron chi connectivity index (χ0n) is 14.1. The largest absolute Gasteiger partial charge is 0.481 e. The lowest BCUT2D eigenvalue weighted by Gasteiger charge is -2.26. The van der Waals surface area contributed by atoms with Gasteiger partial charge in [0.2, 0.25) is 0 Å². The van der Waals surface area contributed by atoms with Crippen molar-refractivity contribution in [1.29, 1.82) is 0 Å². The van der Waals surface area contributed by atoms with Crippen LogP contribution in [-0.4, -0.2) is 39.2 Å².